The van der Waals surface area contributed by atoms with Gasteiger partial charge in [-0.3, -0.25) is 0 Å². The van der Waals surface area contributed by atoms with Gasteiger partial charge in [-0.25, -0.2) is 0 Å². The van der Waals surface area contributed by atoms with Gasteiger partial charge < -0.3 is 5.11 Å². The molecule has 0 aromatic rings. The average molecular weight is 194 g/mol. The molecule has 0 amide bonds. The Hall–Kier alpha value is -0.0400. The van der Waals surface area contributed by atoms with Crippen molar-refractivity contribution in [2.45, 2.75) is 57.5 Å². The second-order valence-electron chi connectivity index (χ2n) is 5.80. The maximum Gasteiger partial charge on any atom is 0.0601 e. The van der Waals surface area contributed by atoms with E-state index in [-0.39, 0.29) is 6.10 Å². The lowest BCUT2D eigenvalue weighted by molar-refractivity contribution is 0.0174. The fourth-order valence-electron chi connectivity index (χ4n) is 4.49. The number of aliphatic hydroxyl groups is 1. The first kappa shape index (κ1) is 9.21. The summed E-state index contributed by atoms with van der Waals surface area (Å²) in [6, 6.07) is 0. The lowest BCUT2D eigenvalue weighted by Gasteiger charge is -2.36. The van der Waals surface area contributed by atoms with Crippen molar-refractivity contribution in [3.63, 3.8) is 0 Å². The Balaban J connectivity index is 1.71. The summed E-state index contributed by atoms with van der Waals surface area (Å²) < 4.78 is 0. The van der Waals surface area contributed by atoms with Crippen LogP contribution in [-0.4, -0.2) is 11.2 Å². The van der Waals surface area contributed by atoms with Gasteiger partial charge in [-0.1, -0.05) is 32.1 Å². The van der Waals surface area contributed by atoms with E-state index in [4.69, 9.17) is 0 Å². The minimum Gasteiger partial charge on any atom is -0.393 e. The molecule has 1 nitrogen and oxygen atoms in total. The summed E-state index contributed by atoms with van der Waals surface area (Å²) in [5.41, 5.74) is 0. The van der Waals surface area contributed by atoms with Gasteiger partial charge in [-0.05, 0) is 42.9 Å². The monoisotopic (exact) mass is 194 g/mol. The van der Waals surface area contributed by atoms with Crippen LogP contribution < -0.4 is 0 Å². The number of aliphatic hydroxyl groups excluding tert-OH is 1. The Labute approximate surface area is 86.9 Å². The first-order valence-electron chi connectivity index (χ1n) is 6.54. The van der Waals surface area contributed by atoms with E-state index >= 15 is 0 Å². The summed E-state index contributed by atoms with van der Waals surface area (Å²) in [5.74, 6) is 3.17. The maximum absolute atomic E-state index is 10.2. The Morgan fingerprint density at radius 3 is 2.07 bits per heavy atom. The van der Waals surface area contributed by atoms with Gasteiger partial charge in [0.05, 0.1) is 6.10 Å². The van der Waals surface area contributed by atoms with Crippen molar-refractivity contribution in [3.05, 3.63) is 0 Å². The standard InChI is InChI=1S/C13H22O/c14-13-11-7-6-10(8-11)12(13)9-4-2-1-3-5-9/h9-14H,1-8H2/t10-,11+,12+,13-/m0/s1. The molecule has 1 heteroatoms. The minimum absolute atomic E-state index is 0.0804. The van der Waals surface area contributed by atoms with Gasteiger partial charge in [0.15, 0.2) is 0 Å². The third kappa shape index (κ3) is 1.32. The van der Waals surface area contributed by atoms with Crippen molar-refractivity contribution in [2.75, 3.05) is 0 Å². The Kier molecular flexibility index (Phi) is 2.31. The van der Waals surface area contributed by atoms with E-state index < -0.39 is 0 Å². The topological polar surface area (TPSA) is 20.2 Å². The van der Waals surface area contributed by atoms with Crippen LogP contribution in [0.1, 0.15) is 51.4 Å². The lowest BCUT2D eigenvalue weighted by Crippen LogP contribution is -2.34. The third-order valence-electron chi connectivity index (χ3n) is 5.13. The molecule has 3 rings (SSSR count). The normalized spacial score (nSPS) is 48.6. The van der Waals surface area contributed by atoms with Crippen LogP contribution in [-0.2, 0) is 0 Å². The zero-order chi connectivity index (χ0) is 9.54. The highest BCUT2D eigenvalue weighted by Crippen LogP contribution is 2.53. The van der Waals surface area contributed by atoms with Gasteiger partial charge in [0.2, 0.25) is 0 Å². The van der Waals surface area contributed by atoms with Crippen LogP contribution in [0.3, 0.4) is 0 Å². The zero-order valence-corrected chi connectivity index (χ0v) is 8.99. The number of hydrogen-bond acceptors (Lipinski definition) is 1. The van der Waals surface area contributed by atoms with Crippen LogP contribution in [0.15, 0.2) is 0 Å². The molecule has 0 unspecified atom stereocenters. The molecule has 0 saturated heterocycles. The summed E-state index contributed by atoms with van der Waals surface area (Å²) >= 11 is 0. The largest absolute Gasteiger partial charge is 0.393 e. The van der Waals surface area contributed by atoms with Gasteiger partial charge in [-0.2, -0.15) is 0 Å². The molecular weight excluding hydrogens is 172 g/mol. The van der Waals surface area contributed by atoms with Crippen molar-refractivity contribution in [2.24, 2.45) is 23.7 Å². The quantitative estimate of drug-likeness (QED) is 0.680. The molecule has 0 aliphatic heterocycles. The molecule has 0 spiro atoms. The second-order valence-corrected chi connectivity index (χ2v) is 5.80. The van der Waals surface area contributed by atoms with Crippen molar-refractivity contribution in [1.82, 2.24) is 0 Å². The minimum atomic E-state index is 0.0804. The average Bonchev–Trinajstić information content (AvgIpc) is 2.79. The molecule has 4 atom stereocenters. The van der Waals surface area contributed by atoms with Crippen LogP contribution in [0.2, 0.25) is 0 Å². The molecule has 0 aromatic heterocycles. The first-order valence-corrected chi connectivity index (χ1v) is 6.54. The molecule has 14 heavy (non-hydrogen) atoms. The predicted octanol–water partition coefficient (Wildman–Crippen LogP) is 2.97. The fraction of sp³-hybridized carbons (Fsp3) is 1.00. The summed E-state index contributed by atoms with van der Waals surface area (Å²) in [6.07, 6.45) is 11.3. The summed E-state index contributed by atoms with van der Waals surface area (Å²) in [7, 11) is 0. The van der Waals surface area contributed by atoms with Gasteiger partial charge in [0.1, 0.15) is 0 Å². The van der Waals surface area contributed by atoms with Crippen LogP contribution in [0.4, 0.5) is 0 Å². The Bertz CT molecular complexity index is 205. The zero-order valence-electron chi connectivity index (χ0n) is 8.99. The lowest BCUT2D eigenvalue weighted by atomic mass is 9.71. The summed E-state index contributed by atoms with van der Waals surface area (Å²) in [4.78, 5) is 0. The summed E-state index contributed by atoms with van der Waals surface area (Å²) in [6.45, 7) is 0. The molecule has 1 N–H and O–H groups in total. The molecule has 2 bridgehead atoms. The molecule has 3 aliphatic rings. The molecule has 0 radical (unpaired) electrons. The number of fused-ring (bicyclic) bond motifs is 2. The van der Waals surface area contributed by atoms with E-state index in [1.807, 2.05) is 0 Å². The van der Waals surface area contributed by atoms with E-state index in [0.717, 1.165) is 11.8 Å². The van der Waals surface area contributed by atoms with E-state index in [2.05, 4.69) is 0 Å². The highest BCUT2D eigenvalue weighted by atomic mass is 16.3. The molecule has 3 saturated carbocycles. The van der Waals surface area contributed by atoms with Gasteiger partial charge in [0, 0.05) is 0 Å². The molecule has 80 valence electrons. The predicted molar refractivity (Wildman–Crippen MR) is 56.9 cm³/mol. The third-order valence-corrected chi connectivity index (χ3v) is 5.13. The van der Waals surface area contributed by atoms with E-state index in [9.17, 15) is 5.11 Å². The summed E-state index contributed by atoms with van der Waals surface area (Å²) in [5, 5.41) is 10.2. The number of rotatable bonds is 1. The van der Waals surface area contributed by atoms with Crippen molar-refractivity contribution in [1.29, 1.82) is 0 Å². The van der Waals surface area contributed by atoms with Crippen LogP contribution in [0.25, 0.3) is 0 Å². The highest BCUT2D eigenvalue weighted by molar-refractivity contribution is 4.99. The maximum atomic E-state index is 10.2. The SMILES string of the molecule is O[C@H]1[C@@H]2CC[C@@H](C2)[C@H]1C1CCCCC1. The van der Waals surface area contributed by atoms with Crippen LogP contribution in [0.5, 0.6) is 0 Å². The van der Waals surface area contributed by atoms with E-state index in [1.165, 1.54) is 51.4 Å². The van der Waals surface area contributed by atoms with Gasteiger partial charge >= 0.3 is 0 Å². The van der Waals surface area contributed by atoms with Gasteiger partial charge in [0.25, 0.3) is 0 Å². The molecular formula is C13H22O. The molecule has 3 aliphatic carbocycles. The van der Waals surface area contributed by atoms with Crippen LogP contribution in [0, 0.1) is 23.7 Å². The van der Waals surface area contributed by atoms with Crippen LogP contribution >= 0.6 is 0 Å². The first-order chi connectivity index (χ1) is 6.86. The molecule has 0 heterocycles. The van der Waals surface area contributed by atoms with Crippen molar-refractivity contribution >= 4 is 0 Å². The van der Waals surface area contributed by atoms with Gasteiger partial charge in [-0.15, -0.1) is 0 Å². The van der Waals surface area contributed by atoms with E-state index in [0.29, 0.717) is 11.8 Å². The fourth-order valence-corrected chi connectivity index (χ4v) is 4.49. The molecule has 0 aromatic carbocycles. The van der Waals surface area contributed by atoms with Crippen molar-refractivity contribution in [3.8, 4) is 0 Å². The van der Waals surface area contributed by atoms with Crippen molar-refractivity contribution < 1.29 is 5.11 Å². The number of hydrogen-bond donors (Lipinski definition) is 1. The smallest absolute Gasteiger partial charge is 0.0601 e. The molecule has 3 fully saturated rings. The second kappa shape index (κ2) is 3.52. The highest BCUT2D eigenvalue weighted by Gasteiger charge is 2.49. The Morgan fingerprint density at radius 1 is 0.714 bits per heavy atom. The van der Waals surface area contributed by atoms with E-state index in [1.54, 1.807) is 0 Å². The Morgan fingerprint density at radius 2 is 1.43 bits per heavy atom.